The molecule has 5 heteroatoms. The summed E-state index contributed by atoms with van der Waals surface area (Å²) in [7, 11) is 1.58. The van der Waals surface area contributed by atoms with E-state index < -0.39 is 0 Å². The number of halogens is 2. The highest BCUT2D eigenvalue weighted by Crippen LogP contribution is 2.14. The number of nitrogens with zero attached hydrogens (tertiary/aromatic N) is 1. The first-order chi connectivity index (χ1) is 6.17. The summed E-state index contributed by atoms with van der Waals surface area (Å²) in [6.45, 7) is 0. The minimum absolute atomic E-state index is 0.333. The van der Waals surface area contributed by atoms with Gasteiger partial charge in [-0.1, -0.05) is 15.9 Å². The van der Waals surface area contributed by atoms with Gasteiger partial charge in [0.15, 0.2) is 0 Å². The van der Waals surface area contributed by atoms with Gasteiger partial charge in [-0.3, -0.25) is 4.99 Å². The van der Waals surface area contributed by atoms with Gasteiger partial charge in [-0.2, -0.15) is 0 Å². The summed E-state index contributed by atoms with van der Waals surface area (Å²) >= 11 is 3.18. The van der Waals surface area contributed by atoms with E-state index in [0.717, 1.165) is 0 Å². The van der Waals surface area contributed by atoms with E-state index in [1.54, 1.807) is 13.1 Å². The molecular formula is C8H9BrFN3. The molecule has 70 valence electrons. The molecule has 0 radical (unpaired) electrons. The highest BCUT2D eigenvalue weighted by atomic mass is 79.9. The normalized spacial score (nSPS) is 11.5. The number of hydrazine groups is 1. The molecule has 0 fully saturated rings. The second-order valence-corrected chi connectivity index (χ2v) is 3.29. The van der Waals surface area contributed by atoms with Gasteiger partial charge in [0.05, 0.1) is 0 Å². The Hall–Kier alpha value is -0.940. The zero-order valence-corrected chi connectivity index (χ0v) is 8.60. The number of hydrogen-bond acceptors (Lipinski definition) is 2. The largest absolute Gasteiger partial charge is 0.308 e. The summed E-state index contributed by atoms with van der Waals surface area (Å²) in [4.78, 5) is 3.85. The van der Waals surface area contributed by atoms with Gasteiger partial charge in [0.25, 0.3) is 0 Å². The van der Waals surface area contributed by atoms with Crippen molar-refractivity contribution in [2.24, 2.45) is 10.8 Å². The van der Waals surface area contributed by atoms with Crippen LogP contribution in [0.5, 0.6) is 0 Å². The molecule has 0 aliphatic carbocycles. The lowest BCUT2D eigenvalue weighted by molar-refractivity contribution is 0.626. The molecule has 0 heterocycles. The zero-order valence-electron chi connectivity index (χ0n) is 7.01. The Kier molecular flexibility index (Phi) is 3.39. The van der Waals surface area contributed by atoms with Crippen LogP contribution >= 0.6 is 15.9 Å². The van der Waals surface area contributed by atoms with Gasteiger partial charge in [0.1, 0.15) is 11.7 Å². The number of hydrogen-bond donors (Lipinski definition) is 2. The number of aliphatic imine (C=N–C) groups is 1. The smallest absolute Gasteiger partial charge is 0.142 e. The molecule has 0 atom stereocenters. The summed E-state index contributed by atoms with van der Waals surface area (Å²) in [6.07, 6.45) is 0. The van der Waals surface area contributed by atoms with Crippen LogP contribution in [0.1, 0.15) is 5.56 Å². The van der Waals surface area contributed by atoms with Crippen molar-refractivity contribution >= 4 is 21.8 Å². The fraction of sp³-hybridized carbons (Fsp3) is 0.125. The van der Waals surface area contributed by atoms with E-state index in [0.29, 0.717) is 15.9 Å². The van der Waals surface area contributed by atoms with E-state index in [1.807, 2.05) is 0 Å². The van der Waals surface area contributed by atoms with Crippen molar-refractivity contribution in [1.29, 1.82) is 0 Å². The number of rotatable bonds is 1. The van der Waals surface area contributed by atoms with Crippen molar-refractivity contribution in [3.05, 3.63) is 34.1 Å². The molecule has 0 saturated carbocycles. The molecule has 3 nitrogen and oxygen atoms in total. The Labute approximate surface area is 83.9 Å². The summed E-state index contributed by atoms with van der Waals surface area (Å²) in [6, 6.07) is 4.45. The van der Waals surface area contributed by atoms with Gasteiger partial charge in [-0.25, -0.2) is 10.2 Å². The van der Waals surface area contributed by atoms with Crippen molar-refractivity contribution in [3.63, 3.8) is 0 Å². The lowest BCUT2D eigenvalue weighted by Crippen LogP contribution is -2.31. The van der Waals surface area contributed by atoms with E-state index in [9.17, 15) is 4.39 Å². The predicted molar refractivity (Wildman–Crippen MR) is 53.9 cm³/mol. The number of amidine groups is 1. The molecule has 1 aromatic carbocycles. The third kappa shape index (κ3) is 2.50. The molecule has 0 bridgehead atoms. The third-order valence-corrected chi connectivity index (χ3v) is 1.95. The fourth-order valence-electron chi connectivity index (χ4n) is 0.968. The quantitative estimate of drug-likeness (QED) is 0.341. The Morgan fingerprint density at radius 3 is 2.69 bits per heavy atom. The Morgan fingerprint density at radius 1 is 1.54 bits per heavy atom. The van der Waals surface area contributed by atoms with Crippen LogP contribution in [-0.4, -0.2) is 12.9 Å². The first-order valence-electron chi connectivity index (χ1n) is 3.57. The maximum Gasteiger partial charge on any atom is 0.142 e. The third-order valence-electron chi connectivity index (χ3n) is 1.50. The van der Waals surface area contributed by atoms with Crippen molar-refractivity contribution in [2.75, 3.05) is 7.05 Å². The molecule has 0 amide bonds. The van der Waals surface area contributed by atoms with Crippen LogP contribution in [0.3, 0.4) is 0 Å². The van der Waals surface area contributed by atoms with Crippen molar-refractivity contribution in [1.82, 2.24) is 5.43 Å². The van der Waals surface area contributed by atoms with Crippen LogP contribution < -0.4 is 11.3 Å². The van der Waals surface area contributed by atoms with Gasteiger partial charge < -0.3 is 5.43 Å². The SMILES string of the molecule is CN=C(NN)c1cc(F)cc(Br)c1. The van der Waals surface area contributed by atoms with E-state index in [1.165, 1.54) is 12.1 Å². The van der Waals surface area contributed by atoms with E-state index in [4.69, 9.17) is 5.84 Å². The summed E-state index contributed by atoms with van der Waals surface area (Å²) in [5.41, 5.74) is 2.99. The van der Waals surface area contributed by atoms with Crippen LogP contribution in [0.25, 0.3) is 0 Å². The fourth-order valence-corrected chi connectivity index (χ4v) is 1.43. The van der Waals surface area contributed by atoms with Gasteiger partial charge in [0.2, 0.25) is 0 Å². The van der Waals surface area contributed by atoms with Crippen LogP contribution in [0, 0.1) is 5.82 Å². The van der Waals surface area contributed by atoms with Crippen molar-refractivity contribution in [2.45, 2.75) is 0 Å². The Bertz CT molecular complexity index is 318. The highest BCUT2D eigenvalue weighted by molar-refractivity contribution is 9.10. The minimum Gasteiger partial charge on any atom is -0.308 e. The molecule has 3 N–H and O–H groups in total. The molecule has 0 aliphatic heterocycles. The molecule has 13 heavy (non-hydrogen) atoms. The standard InChI is InChI=1S/C8H9BrFN3/c1-12-8(13-11)5-2-6(9)4-7(10)3-5/h2-4H,11H2,1H3,(H,12,13). The summed E-state index contributed by atoms with van der Waals surface area (Å²) in [5, 5.41) is 0. The number of nitrogens with two attached hydrogens (primary N) is 1. The first kappa shape index (κ1) is 10.1. The van der Waals surface area contributed by atoms with E-state index in [-0.39, 0.29) is 5.82 Å². The molecule has 0 aliphatic rings. The molecule has 0 saturated heterocycles. The van der Waals surface area contributed by atoms with Crippen LogP contribution in [0.15, 0.2) is 27.7 Å². The average Bonchev–Trinajstić information content (AvgIpc) is 2.04. The lowest BCUT2D eigenvalue weighted by atomic mass is 10.2. The van der Waals surface area contributed by atoms with Crippen LogP contribution in [0.4, 0.5) is 4.39 Å². The molecule has 0 aromatic heterocycles. The molecule has 0 spiro atoms. The van der Waals surface area contributed by atoms with E-state index in [2.05, 4.69) is 26.3 Å². The van der Waals surface area contributed by atoms with E-state index >= 15 is 0 Å². The monoisotopic (exact) mass is 245 g/mol. The topological polar surface area (TPSA) is 50.4 Å². The maximum absolute atomic E-state index is 12.9. The van der Waals surface area contributed by atoms with Crippen molar-refractivity contribution < 1.29 is 4.39 Å². The Morgan fingerprint density at radius 2 is 2.23 bits per heavy atom. The molecular weight excluding hydrogens is 237 g/mol. The second-order valence-electron chi connectivity index (χ2n) is 2.37. The van der Waals surface area contributed by atoms with Crippen molar-refractivity contribution in [3.8, 4) is 0 Å². The second kappa shape index (κ2) is 4.34. The summed E-state index contributed by atoms with van der Waals surface area (Å²) in [5.74, 6) is 5.31. The van der Waals surface area contributed by atoms with Gasteiger partial charge >= 0.3 is 0 Å². The van der Waals surface area contributed by atoms with Gasteiger partial charge in [-0.15, -0.1) is 0 Å². The van der Waals surface area contributed by atoms with Crippen LogP contribution in [-0.2, 0) is 0 Å². The predicted octanol–water partition coefficient (Wildman–Crippen LogP) is 1.43. The molecule has 1 rings (SSSR count). The minimum atomic E-state index is -0.333. The maximum atomic E-state index is 12.9. The average molecular weight is 246 g/mol. The van der Waals surface area contributed by atoms with Gasteiger partial charge in [0, 0.05) is 17.1 Å². The molecule has 1 aromatic rings. The highest BCUT2D eigenvalue weighted by Gasteiger charge is 2.03. The first-order valence-corrected chi connectivity index (χ1v) is 4.36. The lowest BCUT2D eigenvalue weighted by Gasteiger charge is -2.04. The zero-order chi connectivity index (χ0) is 9.84. The summed E-state index contributed by atoms with van der Waals surface area (Å²) < 4.78 is 13.6. The molecule has 0 unspecified atom stereocenters. The van der Waals surface area contributed by atoms with Crippen LogP contribution in [0.2, 0.25) is 0 Å². The number of benzene rings is 1. The Balaban J connectivity index is 3.14. The van der Waals surface area contributed by atoms with Gasteiger partial charge in [-0.05, 0) is 18.2 Å². The number of nitrogens with one attached hydrogen (secondary N) is 1.